The van der Waals surface area contributed by atoms with Crippen molar-refractivity contribution in [3.05, 3.63) is 0 Å². The summed E-state index contributed by atoms with van der Waals surface area (Å²) in [5, 5.41) is 3.43. The molecule has 3 nitrogen and oxygen atoms in total. The molecule has 1 heterocycles. The average molecular weight is 238 g/mol. The highest BCUT2D eigenvalue weighted by atomic mass is 16.2. The van der Waals surface area contributed by atoms with E-state index in [2.05, 4.69) is 37.9 Å². The zero-order chi connectivity index (χ0) is 12.6. The predicted molar refractivity (Wildman–Crippen MR) is 69.5 cm³/mol. The molecule has 98 valence electrons. The molecule has 1 saturated carbocycles. The molecule has 2 rings (SSSR count). The molecular weight excluding hydrogens is 212 g/mol. The lowest BCUT2D eigenvalue weighted by molar-refractivity contribution is -0.133. The smallest absolute Gasteiger partial charge is 0.238 e. The van der Waals surface area contributed by atoms with Gasteiger partial charge in [-0.2, -0.15) is 0 Å². The minimum Gasteiger partial charge on any atom is -0.323 e. The Kier molecular flexibility index (Phi) is 3.48. The van der Waals surface area contributed by atoms with Crippen LogP contribution < -0.4 is 5.32 Å². The van der Waals surface area contributed by atoms with E-state index in [-0.39, 0.29) is 11.3 Å². The molecule has 1 saturated heterocycles. The lowest BCUT2D eigenvalue weighted by Gasteiger charge is -2.40. The van der Waals surface area contributed by atoms with Gasteiger partial charge in [0.1, 0.15) is 0 Å². The molecule has 1 amide bonds. The van der Waals surface area contributed by atoms with Crippen molar-refractivity contribution in [3.8, 4) is 0 Å². The van der Waals surface area contributed by atoms with E-state index >= 15 is 0 Å². The quantitative estimate of drug-likeness (QED) is 0.801. The Bertz CT molecular complexity index is 289. The normalized spacial score (nSPS) is 29.1. The summed E-state index contributed by atoms with van der Waals surface area (Å²) in [5.41, 5.74) is 0.151. The van der Waals surface area contributed by atoms with Gasteiger partial charge in [0.2, 0.25) is 5.91 Å². The van der Waals surface area contributed by atoms with Crippen molar-refractivity contribution in [2.45, 2.75) is 65.6 Å². The Morgan fingerprint density at radius 3 is 2.41 bits per heavy atom. The monoisotopic (exact) mass is 238 g/mol. The van der Waals surface area contributed by atoms with Crippen LogP contribution in [-0.4, -0.2) is 29.6 Å². The average Bonchev–Trinajstić information content (AvgIpc) is 2.83. The molecule has 2 unspecified atom stereocenters. The minimum absolute atomic E-state index is 0.151. The third kappa shape index (κ3) is 2.49. The van der Waals surface area contributed by atoms with E-state index in [1.807, 2.05) is 0 Å². The van der Waals surface area contributed by atoms with E-state index in [1.165, 1.54) is 25.7 Å². The Morgan fingerprint density at radius 1 is 1.29 bits per heavy atom. The summed E-state index contributed by atoms with van der Waals surface area (Å²) in [4.78, 5) is 14.2. The van der Waals surface area contributed by atoms with Crippen LogP contribution in [0.3, 0.4) is 0 Å². The van der Waals surface area contributed by atoms with Crippen molar-refractivity contribution in [2.24, 2.45) is 11.3 Å². The third-order valence-electron chi connectivity index (χ3n) is 4.57. The number of hydrogen-bond acceptors (Lipinski definition) is 2. The van der Waals surface area contributed by atoms with Gasteiger partial charge in [-0.1, -0.05) is 33.6 Å². The molecule has 0 aromatic heterocycles. The van der Waals surface area contributed by atoms with Gasteiger partial charge in [-0.15, -0.1) is 0 Å². The number of nitrogens with zero attached hydrogens (tertiary/aromatic N) is 1. The second-order valence-electron chi connectivity index (χ2n) is 6.71. The molecule has 1 N–H and O–H groups in total. The van der Waals surface area contributed by atoms with E-state index in [4.69, 9.17) is 0 Å². The highest BCUT2D eigenvalue weighted by Gasteiger charge is 2.42. The van der Waals surface area contributed by atoms with Crippen molar-refractivity contribution in [1.82, 2.24) is 10.2 Å². The fourth-order valence-electron chi connectivity index (χ4n) is 3.08. The van der Waals surface area contributed by atoms with Gasteiger partial charge in [-0.25, -0.2) is 0 Å². The first kappa shape index (κ1) is 12.9. The lowest BCUT2D eigenvalue weighted by Crippen LogP contribution is -2.51. The van der Waals surface area contributed by atoms with E-state index in [0.717, 1.165) is 0 Å². The van der Waals surface area contributed by atoms with Crippen molar-refractivity contribution < 1.29 is 4.79 Å². The van der Waals surface area contributed by atoms with Gasteiger partial charge in [0.05, 0.1) is 12.7 Å². The van der Waals surface area contributed by atoms with Gasteiger partial charge in [-0.3, -0.25) is 10.1 Å². The Morgan fingerprint density at radius 2 is 1.88 bits per heavy atom. The van der Waals surface area contributed by atoms with Crippen LogP contribution in [0.5, 0.6) is 0 Å². The summed E-state index contributed by atoms with van der Waals surface area (Å²) in [6, 6.07) is 0.301. The molecule has 1 aliphatic heterocycles. The van der Waals surface area contributed by atoms with Gasteiger partial charge in [-0.05, 0) is 31.1 Å². The second kappa shape index (κ2) is 4.60. The van der Waals surface area contributed by atoms with Crippen LogP contribution in [0.2, 0.25) is 0 Å². The summed E-state index contributed by atoms with van der Waals surface area (Å²) in [7, 11) is 0. The number of amides is 1. The summed E-state index contributed by atoms with van der Waals surface area (Å²) in [6.07, 6.45) is 5.50. The molecule has 2 aliphatic rings. The number of nitrogens with one attached hydrogen (secondary N) is 1. The zero-order valence-electron chi connectivity index (χ0n) is 11.6. The van der Waals surface area contributed by atoms with Crippen LogP contribution in [0.4, 0.5) is 0 Å². The lowest BCUT2D eigenvalue weighted by atomic mass is 9.86. The van der Waals surface area contributed by atoms with E-state index in [0.29, 0.717) is 24.7 Å². The number of hydrogen-bond donors (Lipinski definition) is 1. The predicted octanol–water partition coefficient (Wildman–Crippen LogP) is 2.37. The van der Waals surface area contributed by atoms with Gasteiger partial charge in [0, 0.05) is 6.04 Å². The number of carbonyl (C=O) groups excluding carboxylic acids is 1. The molecule has 17 heavy (non-hydrogen) atoms. The fourth-order valence-corrected chi connectivity index (χ4v) is 3.08. The molecule has 0 aromatic rings. The van der Waals surface area contributed by atoms with Crippen LogP contribution in [-0.2, 0) is 4.79 Å². The first-order valence-corrected chi connectivity index (χ1v) is 6.96. The Balaban J connectivity index is 2.13. The molecule has 0 aromatic carbocycles. The van der Waals surface area contributed by atoms with Crippen LogP contribution in [0, 0.1) is 11.3 Å². The number of carbonyl (C=O) groups is 1. The molecular formula is C14H26N2O. The molecule has 2 fully saturated rings. The molecule has 2 atom stereocenters. The SMILES string of the molecule is CC(N1C(=O)CNC1C1CCCC1)C(C)(C)C. The van der Waals surface area contributed by atoms with E-state index < -0.39 is 0 Å². The third-order valence-corrected chi connectivity index (χ3v) is 4.57. The molecule has 3 heteroatoms. The van der Waals surface area contributed by atoms with Crippen molar-refractivity contribution in [1.29, 1.82) is 0 Å². The molecule has 0 spiro atoms. The molecule has 0 radical (unpaired) electrons. The molecule has 1 aliphatic carbocycles. The summed E-state index contributed by atoms with van der Waals surface area (Å²) in [6.45, 7) is 9.37. The largest absolute Gasteiger partial charge is 0.323 e. The maximum Gasteiger partial charge on any atom is 0.238 e. The first-order valence-electron chi connectivity index (χ1n) is 6.96. The fraction of sp³-hybridized carbons (Fsp3) is 0.929. The minimum atomic E-state index is 0.151. The highest BCUT2D eigenvalue weighted by Crippen LogP contribution is 2.35. The number of rotatable bonds is 2. The van der Waals surface area contributed by atoms with E-state index in [9.17, 15) is 4.79 Å². The van der Waals surface area contributed by atoms with Crippen LogP contribution >= 0.6 is 0 Å². The highest BCUT2D eigenvalue weighted by molar-refractivity contribution is 5.81. The topological polar surface area (TPSA) is 32.3 Å². The first-order chi connectivity index (χ1) is 7.91. The standard InChI is InChI=1S/C14H26N2O/c1-10(14(2,3)4)16-12(17)9-15-13(16)11-7-5-6-8-11/h10-11,13,15H,5-9H2,1-4H3. The van der Waals surface area contributed by atoms with Gasteiger partial charge in [0.25, 0.3) is 0 Å². The molecule has 0 bridgehead atoms. The van der Waals surface area contributed by atoms with Gasteiger partial charge >= 0.3 is 0 Å². The van der Waals surface area contributed by atoms with Crippen molar-refractivity contribution >= 4 is 5.91 Å². The van der Waals surface area contributed by atoms with Crippen LogP contribution in [0.25, 0.3) is 0 Å². The zero-order valence-corrected chi connectivity index (χ0v) is 11.6. The van der Waals surface area contributed by atoms with Gasteiger partial charge in [0.15, 0.2) is 0 Å². The summed E-state index contributed by atoms with van der Waals surface area (Å²) in [5.74, 6) is 0.954. The maximum atomic E-state index is 12.1. The summed E-state index contributed by atoms with van der Waals surface area (Å²) < 4.78 is 0. The van der Waals surface area contributed by atoms with Crippen LogP contribution in [0.15, 0.2) is 0 Å². The Hall–Kier alpha value is -0.570. The second-order valence-corrected chi connectivity index (χ2v) is 6.71. The van der Waals surface area contributed by atoms with Crippen LogP contribution in [0.1, 0.15) is 53.4 Å². The summed E-state index contributed by atoms with van der Waals surface area (Å²) >= 11 is 0. The Labute approximate surface area is 105 Å². The maximum absolute atomic E-state index is 12.1. The van der Waals surface area contributed by atoms with Crippen molar-refractivity contribution in [2.75, 3.05) is 6.54 Å². The van der Waals surface area contributed by atoms with E-state index in [1.54, 1.807) is 0 Å². The van der Waals surface area contributed by atoms with Crippen molar-refractivity contribution in [3.63, 3.8) is 0 Å². The van der Waals surface area contributed by atoms with Gasteiger partial charge < -0.3 is 4.90 Å².